The molecular weight excluding hydrogens is 192 g/mol. The predicted molar refractivity (Wildman–Crippen MR) is 59.4 cm³/mol. The van der Waals surface area contributed by atoms with Crippen LogP contribution in [0.2, 0.25) is 0 Å². The first-order valence-corrected chi connectivity index (χ1v) is 5.60. The third-order valence-corrected chi connectivity index (χ3v) is 3.07. The predicted octanol–water partition coefficient (Wildman–Crippen LogP) is 0.655. The summed E-state index contributed by atoms with van der Waals surface area (Å²) in [7, 11) is 0. The number of carbonyl (C=O) groups is 1. The molecule has 3 atom stereocenters. The van der Waals surface area contributed by atoms with Gasteiger partial charge in [-0.3, -0.25) is 4.79 Å². The van der Waals surface area contributed by atoms with E-state index in [-0.39, 0.29) is 23.4 Å². The van der Waals surface area contributed by atoms with E-state index in [4.69, 9.17) is 10.5 Å². The SMILES string of the molecule is CC(N)C(C)C(=O)NC1(C)CCCOC1. The summed E-state index contributed by atoms with van der Waals surface area (Å²) in [5.74, 6) is -0.123. The first-order chi connectivity index (χ1) is 6.94. The number of rotatable bonds is 3. The van der Waals surface area contributed by atoms with Gasteiger partial charge in [-0.25, -0.2) is 0 Å². The van der Waals surface area contributed by atoms with Crippen LogP contribution in [-0.4, -0.2) is 30.7 Å². The number of hydrogen-bond acceptors (Lipinski definition) is 3. The van der Waals surface area contributed by atoms with E-state index in [1.807, 2.05) is 20.8 Å². The number of amides is 1. The van der Waals surface area contributed by atoms with Crippen LogP contribution in [0.1, 0.15) is 33.6 Å². The largest absolute Gasteiger partial charge is 0.379 e. The van der Waals surface area contributed by atoms with Gasteiger partial charge in [0.2, 0.25) is 5.91 Å². The van der Waals surface area contributed by atoms with E-state index in [1.54, 1.807) is 0 Å². The second-order valence-corrected chi connectivity index (χ2v) is 4.85. The molecule has 3 unspecified atom stereocenters. The van der Waals surface area contributed by atoms with Crippen molar-refractivity contribution >= 4 is 5.91 Å². The van der Waals surface area contributed by atoms with E-state index >= 15 is 0 Å². The molecule has 0 aromatic carbocycles. The Bertz CT molecular complexity index is 223. The third kappa shape index (κ3) is 3.47. The van der Waals surface area contributed by atoms with Crippen molar-refractivity contribution < 1.29 is 9.53 Å². The zero-order valence-corrected chi connectivity index (χ0v) is 9.88. The topological polar surface area (TPSA) is 64.4 Å². The fourth-order valence-electron chi connectivity index (χ4n) is 1.68. The maximum Gasteiger partial charge on any atom is 0.224 e. The number of nitrogens with one attached hydrogen (secondary N) is 1. The van der Waals surface area contributed by atoms with Crippen molar-refractivity contribution in [3.8, 4) is 0 Å². The normalized spacial score (nSPS) is 30.7. The van der Waals surface area contributed by atoms with Crippen LogP contribution < -0.4 is 11.1 Å². The Morgan fingerprint density at radius 3 is 2.67 bits per heavy atom. The van der Waals surface area contributed by atoms with Crippen molar-refractivity contribution in [1.29, 1.82) is 0 Å². The van der Waals surface area contributed by atoms with Crippen molar-refractivity contribution in [3.05, 3.63) is 0 Å². The highest BCUT2D eigenvalue weighted by Gasteiger charge is 2.31. The van der Waals surface area contributed by atoms with Crippen molar-refractivity contribution in [3.63, 3.8) is 0 Å². The molecule has 1 amide bonds. The quantitative estimate of drug-likeness (QED) is 0.725. The minimum atomic E-state index is -0.210. The van der Waals surface area contributed by atoms with Gasteiger partial charge in [-0.2, -0.15) is 0 Å². The molecule has 15 heavy (non-hydrogen) atoms. The van der Waals surface area contributed by atoms with Crippen LogP contribution in [0, 0.1) is 5.92 Å². The van der Waals surface area contributed by atoms with Gasteiger partial charge in [-0.15, -0.1) is 0 Å². The van der Waals surface area contributed by atoms with Gasteiger partial charge in [-0.1, -0.05) is 6.92 Å². The van der Waals surface area contributed by atoms with Crippen LogP contribution in [0.4, 0.5) is 0 Å². The molecule has 0 bridgehead atoms. The Balaban J connectivity index is 2.49. The van der Waals surface area contributed by atoms with Gasteiger partial charge >= 0.3 is 0 Å². The molecule has 1 rings (SSSR count). The van der Waals surface area contributed by atoms with E-state index in [2.05, 4.69) is 5.32 Å². The minimum Gasteiger partial charge on any atom is -0.379 e. The first kappa shape index (κ1) is 12.5. The monoisotopic (exact) mass is 214 g/mol. The Morgan fingerprint density at radius 2 is 2.20 bits per heavy atom. The molecule has 0 aromatic heterocycles. The molecule has 1 saturated heterocycles. The Morgan fingerprint density at radius 1 is 1.53 bits per heavy atom. The minimum absolute atomic E-state index is 0.0259. The highest BCUT2D eigenvalue weighted by Crippen LogP contribution is 2.19. The second-order valence-electron chi connectivity index (χ2n) is 4.85. The molecule has 4 heteroatoms. The molecule has 0 aromatic rings. The third-order valence-electron chi connectivity index (χ3n) is 3.07. The van der Waals surface area contributed by atoms with E-state index in [0.29, 0.717) is 6.61 Å². The van der Waals surface area contributed by atoms with Crippen molar-refractivity contribution in [2.45, 2.75) is 45.2 Å². The lowest BCUT2D eigenvalue weighted by Gasteiger charge is -2.35. The Labute approximate surface area is 91.5 Å². The van der Waals surface area contributed by atoms with E-state index in [9.17, 15) is 4.79 Å². The van der Waals surface area contributed by atoms with Crippen LogP contribution in [0.3, 0.4) is 0 Å². The number of carbonyl (C=O) groups excluding carboxylic acids is 1. The highest BCUT2D eigenvalue weighted by molar-refractivity contribution is 5.79. The molecular formula is C11H22N2O2. The average Bonchev–Trinajstić information content (AvgIpc) is 2.16. The summed E-state index contributed by atoms with van der Waals surface area (Å²) in [6.45, 7) is 7.13. The van der Waals surface area contributed by atoms with Crippen molar-refractivity contribution in [2.75, 3.05) is 13.2 Å². The van der Waals surface area contributed by atoms with E-state index in [0.717, 1.165) is 19.4 Å². The van der Waals surface area contributed by atoms with Gasteiger partial charge < -0.3 is 15.8 Å². The average molecular weight is 214 g/mol. The number of nitrogens with two attached hydrogens (primary N) is 1. The standard InChI is InChI=1S/C11H22N2O2/c1-8(9(2)12)10(14)13-11(3)5-4-6-15-7-11/h8-9H,4-7,12H2,1-3H3,(H,13,14). The number of ether oxygens (including phenoxy) is 1. The Kier molecular flexibility index (Phi) is 4.11. The lowest BCUT2D eigenvalue weighted by molar-refractivity contribution is -0.128. The maximum atomic E-state index is 11.8. The molecule has 1 heterocycles. The first-order valence-electron chi connectivity index (χ1n) is 5.60. The molecule has 88 valence electrons. The molecule has 0 saturated carbocycles. The van der Waals surface area contributed by atoms with Crippen molar-refractivity contribution in [2.24, 2.45) is 11.7 Å². The zero-order chi connectivity index (χ0) is 11.5. The van der Waals surface area contributed by atoms with Crippen LogP contribution in [0.5, 0.6) is 0 Å². The molecule has 0 radical (unpaired) electrons. The van der Waals surface area contributed by atoms with Gasteiger partial charge in [-0.05, 0) is 26.7 Å². The van der Waals surface area contributed by atoms with Crippen LogP contribution in [0.25, 0.3) is 0 Å². The molecule has 1 aliphatic heterocycles. The zero-order valence-electron chi connectivity index (χ0n) is 9.88. The molecule has 3 N–H and O–H groups in total. The molecule has 1 fully saturated rings. The summed E-state index contributed by atoms with van der Waals surface area (Å²) in [4.78, 5) is 11.8. The van der Waals surface area contributed by atoms with Crippen molar-refractivity contribution in [1.82, 2.24) is 5.32 Å². The van der Waals surface area contributed by atoms with E-state index < -0.39 is 0 Å². The second kappa shape index (κ2) is 4.94. The summed E-state index contributed by atoms with van der Waals surface area (Å²) >= 11 is 0. The van der Waals surface area contributed by atoms with Gasteiger partial charge in [0.1, 0.15) is 0 Å². The summed E-state index contributed by atoms with van der Waals surface area (Å²) in [6.07, 6.45) is 1.98. The summed E-state index contributed by atoms with van der Waals surface area (Å²) < 4.78 is 5.38. The molecule has 0 aliphatic carbocycles. The summed E-state index contributed by atoms with van der Waals surface area (Å²) in [5, 5.41) is 3.03. The molecule has 1 aliphatic rings. The smallest absolute Gasteiger partial charge is 0.224 e. The lowest BCUT2D eigenvalue weighted by Crippen LogP contribution is -2.54. The van der Waals surface area contributed by atoms with Crippen LogP contribution >= 0.6 is 0 Å². The maximum absolute atomic E-state index is 11.8. The molecule has 0 spiro atoms. The van der Waals surface area contributed by atoms with E-state index in [1.165, 1.54) is 0 Å². The van der Waals surface area contributed by atoms with Gasteiger partial charge in [0, 0.05) is 18.6 Å². The highest BCUT2D eigenvalue weighted by atomic mass is 16.5. The fourth-order valence-corrected chi connectivity index (χ4v) is 1.68. The number of hydrogen-bond donors (Lipinski definition) is 2. The Hall–Kier alpha value is -0.610. The molecule has 4 nitrogen and oxygen atoms in total. The van der Waals surface area contributed by atoms with Gasteiger partial charge in [0.15, 0.2) is 0 Å². The van der Waals surface area contributed by atoms with Gasteiger partial charge in [0.25, 0.3) is 0 Å². The van der Waals surface area contributed by atoms with Gasteiger partial charge in [0.05, 0.1) is 12.1 Å². The fraction of sp³-hybridized carbons (Fsp3) is 0.909. The lowest BCUT2D eigenvalue weighted by atomic mass is 9.93. The summed E-state index contributed by atoms with van der Waals surface area (Å²) in [6, 6.07) is -0.113. The summed E-state index contributed by atoms with van der Waals surface area (Å²) in [5.41, 5.74) is 5.48. The van der Waals surface area contributed by atoms with Crippen LogP contribution in [0.15, 0.2) is 0 Å². The van der Waals surface area contributed by atoms with Crippen LogP contribution in [-0.2, 0) is 9.53 Å².